The lowest BCUT2D eigenvalue weighted by Gasteiger charge is -2.08. The molecule has 0 saturated heterocycles. The van der Waals surface area contributed by atoms with E-state index in [4.69, 9.17) is 4.74 Å². The second kappa shape index (κ2) is 3.49. The van der Waals surface area contributed by atoms with Gasteiger partial charge in [0.15, 0.2) is 0 Å². The topological polar surface area (TPSA) is 27.1 Å². The molecule has 1 aromatic heterocycles. The molecule has 1 heterocycles. The van der Waals surface area contributed by atoms with Gasteiger partial charge in [0.05, 0.1) is 19.1 Å². The molecule has 2 aromatic rings. The van der Waals surface area contributed by atoms with Crippen molar-refractivity contribution in [1.29, 1.82) is 0 Å². The Balaban J connectivity index is 2.55. The van der Waals surface area contributed by atoms with Crippen LogP contribution in [0.4, 0.5) is 4.39 Å². The third kappa shape index (κ3) is 1.46. The van der Waals surface area contributed by atoms with Crippen molar-refractivity contribution >= 4 is 0 Å². The highest BCUT2D eigenvalue weighted by Gasteiger charge is 2.05. The number of rotatable bonds is 2. The van der Waals surface area contributed by atoms with E-state index in [1.165, 1.54) is 12.1 Å². The van der Waals surface area contributed by atoms with Crippen LogP contribution in [0, 0.1) is 5.82 Å². The first kappa shape index (κ1) is 8.74. The number of ether oxygens (including phenoxy) is 1. The summed E-state index contributed by atoms with van der Waals surface area (Å²) >= 11 is 0. The van der Waals surface area contributed by atoms with E-state index in [9.17, 15) is 4.39 Å². The van der Waals surface area contributed by atoms with Crippen molar-refractivity contribution in [3.8, 4) is 11.4 Å². The van der Waals surface area contributed by atoms with Crippen molar-refractivity contribution in [3.05, 3.63) is 42.7 Å². The van der Waals surface area contributed by atoms with Gasteiger partial charge >= 0.3 is 0 Å². The lowest BCUT2D eigenvalue weighted by molar-refractivity contribution is 0.411. The monoisotopic (exact) mass is 192 g/mol. The normalized spacial score (nSPS) is 10.1. The number of aromatic nitrogens is 2. The molecule has 0 aliphatic heterocycles. The largest absolute Gasteiger partial charge is 0.495 e. The summed E-state index contributed by atoms with van der Waals surface area (Å²) in [5, 5.41) is 0. The van der Waals surface area contributed by atoms with Crippen molar-refractivity contribution in [2.24, 2.45) is 0 Å². The van der Waals surface area contributed by atoms with Crippen LogP contribution in [0.25, 0.3) is 5.69 Å². The zero-order valence-electron chi connectivity index (χ0n) is 7.64. The van der Waals surface area contributed by atoms with Gasteiger partial charge in [-0.05, 0) is 12.1 Å². The van der Waals surface area contributed by atoms with Crippen LogP contribution in [-0.4, -0.2) is 16.7 Å². The van der Waals surface area contributed by atoms with Gasteiger partial charge in [0, 0.05) is 18.5 Å². The molecule has 0 radical (unpaired) electrons. The van der Waals surface area contributed by atoms with Crippen molar-refractivity contribution in [1.82, 2.24) is 9.55 Å². The lowest BCUT2D eigenvalue weighted by Crippen LogP contribution is -1.96. The molecule has 0 amide bonds. The summed E-state index contributed by atoms with van der Waals surface area (Å²) in [5.74, 6) is 0.318. The highest BCUT2D eigenvalue weighted by atomic mass is 19.1. The number of nitrogens with zero attached hydrogens (tertiary/aromatic N) is 2. The molecule has 1 aromatic carbocycles. The second-order valence-corrected chi connectivity index (χ2v) is 2.79. The summed E-state index contributed by atoms with van der Waals surface area (Å²) in [5.41, 5.74) is 0.644. The van der Waals surface area contributed by atoms with Gasteiger partial charge in [-0.3, -0.25) is 0 Å². The first-order valence-electron chi connectivity index (χ1n) is 4.13. The van der Waals surface area contributed by atoms with E-state index in [0.717, 1.165) is 0 Å². The van der Waals surface area contributed by atoms with Gasteiger partial charge in [-0.2, -0.15) is 0 Å². The van der Waals surface area contributed by atoms with E-state index in [0.29, 0.717) is 11.4 Å². The Hall–Kier alpha value is -1.84. The number of methoxy groups -OCH3 is 1. The van der Waals surface area contributed by atoms with Crippen LogP contribution >= 0.6 is 0 Å². The summed E-state index contributed by atoms with van der Waals surface area (Å²) in [6.07, 6.45) is 4.96. The summed E-state index contributed by atoms with van der Waals surface area (Å²) in [4.78, 5) is 3.89. The van der Waals surface area contributed by atoms with Crippen LogP contribution in [-0.2, 0) is 0 Å². The predicted octanol–water partition coefficient (Wildman–Crippen LogP) is 2.02. The van der Waals surface area contributed by atoms with Crippen LogP contribution < -0.4 is 4.74 Å². The van der Waals surface area contributed by atoms with Crippen LogP contribution in [0.3, 0.4) is 0 Å². The quantitative estimate of drug-likeness (QED) is 0.727. The van der Waals surface area contributed by atoms with Gasteiger partial charge in [-0.1, -0.05) is 0 Å². The molecule has 14 heavy (non-hydrogen) atoms. The zero-order valence-corrected chi connectivity index (χ0v) is 7.64. The smallest absolute Gasteiger partial charge is 0.143 e. The maximum atomic E-state index is 13.0. The lowest BCUT2D eigenvalue weighted by atomic mass is 10.3. The zero-order chi connectivity index (χ0) is 9.97. The number of halogens is 1. The fourth-order valence-electron chi connectivity index (χ4n) is 1.27. The highest BCUT2D eigenvalue weighted by molar-refractivity contribution is 5.46. The average molecular weight is 192 g/mol. The van der Waals surface area contributed by atoms with Gasteiger partial charge < -0.3 is 9.30 Å². The molecule has 3 nitrogen and oxygen atoms in total. The Morgan fingerprint density at radius 2 is 2.29 bits per heavy atom. The predicted molar refractivity (Wildman–Crippen MR) is 50.1 cm³/mol. The second-order valence-electron chi connectivity index (χ2n) is 2.79. The molecule has 0 spiro atoms. The fraction of sp³-hybridized carbons (Fsp3) is 0.100. The van der Waals surface area contributed by atoms with Crippen molar-refractivity contribution in [2.45, 2.75) is 0 Å². The first-order valence-corrected chi connectivity index (χ1v) is 4.13. The van der Waals surface area contributed by atoms with Gasteiger partial charge in [0.1, 0.15) is 11.6 Å². The van der Waals surface area contributed by atoms with E-state index in [1.54, 1.807) is 36.5 Å². The minimum Gasteiger partial charge on any atom is -0.495 e. The molecule has 0 aliphatic carbocycles. The van der Waals surface area contributed by atoms with E-state index < -0.39 is 0 Å². The summed E-state index contributed by atoms with van der Waals surface area (Å²) in [6, 6.07) is 4.35. The van der Waals surface area contributed by atoms with Crippen LogP contribution in [0.1, 0.15) is 0 Å². The summed E-state index contributed by atoms with van der Waals surface area (Å²) < 4.78 is 19.8. The Labute approximate surface area is 80.8 Å². The molecule has 0 unspecified atom stereocenters. The van der Waals surface area contributed by atoms with E-state index >= 15 is 0 Å². The van der Waals surface area contributed by atoms with Crippen molar-refractivity contribution in [2.75, 3.05) is 7.11 Å². The number of hydrogen-bond donors (Lipinski definition) is 0. The maximum Gasteiger partial charge on any atom is 0.143 e. The van der Waals surface area contributed by atoms with Crippen LogP contribution in [0.2, 0.25) is 0 Å². The van der Waals surface area contributed by atoms with E-state index in [-0.39, 0.29) is 5.82 Å². The Morgan fingerprint density at radius 1 is 1.43 bits per heavy atom. The fourth-order valence-corrected chi connectivity index (χ4v) is 1.27. The minimum absolute atomic E-state index is 0.297. The molecule has 0 bridgehead atoms. The Morgan fingerprint density at radius 3 is 2.93 bits per heavy atom. The van der Waals surface area contributed by atoms with E-state index in [2.05, 4.69) is 4.98 Å². The number of benzene rings is 1. The maximum absolute atomic E-state index is 13.0. The number of hydrogen-bond acceptors (Lipinski definition) is 2. The summed E-state index contributed by atoms with van der Waals surface area (Å²) in [6.45, 7) is 0. The molecular formula is C10H9FN2O. The SMILES string of the molecule is COc1ccc(F)cc1-n1ccnc1. The highest BCUT2D eigenvalue weighted by Crippen LogP contribution is 2.22. The minimum atomic E-state index is -0.297. The van der Waals surface area contributed by atoms with Gasteiger partial charge in [-0.15, -0.1) is 0 Å². The van der Waals surface area contributed by atoms with Gasteiger partial charge in [-0.25, -0.2) is 9.37 Å². The third-order valence-corrected chi connectivity index (χ3v) is 1.92. The molecule has 2 rings (SSSR count). The molecule has 0 aliphatic rings. The summed E-state index contributed by atoms with van der Waals surface area (Å²) in [7, 11) is 1.55. The third-order valence-electron chi connectivity index (χ3n) is 1.92. The molecule has 0 atom stereocenters. The average Bonchev–Trinajstić information content (AvgIpc) is 2.70. The first-order chi connectivity index (χ1) is 6.81. The van der Waals surface area contributed by atoms with Crippen molar-refractivity contribution in [3.63, 3.8) is 0 Å². The molecule has 0 saturated carbocycles. The van der Waals surface area contributed by atoms with Crippen molar-refractivity contribution < 1.29 is 9.13 Å². The number of imidazole rings is 1. The van der Waals surface area contributed by atoms with Crippen LogP contribution in [0.5, 0.6) is 5.75 Å². The van der Waals surface area contributed by atoms with Gasteiger partial charge in [0.2, 0.25) is 0 Å². The molecular weight excluding hydrogens is 183 g/mol. The molecule has 4 heteroatoms. The Kier molecular flexibility index (Phi) is 2.18. The molecule has 72 valence electrons. The van der Waals surface area contributed by atoms with E-state index in [1.807, 2.05) is 0 Å². The van der Waals surface area contributed by atoms with Gasteiger partial charge in [0.25, 0.3) is 0 Å². The Bertz CT molecular complexity index is 426. The molecule has 0 N–H and O–H groups in total. The van der Waals surface area contributed by atoms with Crippen LogP contribution in [0.15, 0.2) is 36.9 Å². The molecule has 0 fully saturated rings. The standard InChI is InChI=1S/C10H9FN2O/c1-14-10-3-2-8(11)6-9(10)13-5-4-12-7-13/h2-7H,1H3.